The van der Waals surface area contributed by atoms with Crippen LogP contribution in [0.2, 0.25) is 0 Å². The van der Waals surface area contributed by atoms with E-state index in [4.69, 9.17) is 5.26 Å². The van der Waals surface area contributed by atoms with Crippen molar-refractivity contribution in [2.45, 2.75) is 19.3 Å². The van der Waals surface area contributed by atoms with E-state index in [9.17, 15) is 15.0 Å². The van der Waals surface area contributed by atoms with Crippen molar-refractivity contribution >= 4 is 11.6 Å². The summed E-state index contributed by atoms with van der Waals surface area (Å²) in [5, 5.41) is 30.6. The molecule has 0 saturated carbocycles. The lowest BCUT2D eigenvalue weighted by Crippen LogP contribution is -2.34. The largest absolute Gasteiger partial charge is 0.508 e. The first-order chi connectivity index (χ1) is 10.3. The first-order valence-electron chi connectivity index (χ1n) is 6.68. The number of phenolic OH excluding ortho intramolecular Hbond substituents is 2. The zero-order valence-electron chi connectivity index (χ0n) is 12.3. The van der Waals surface area contributed by atoms with Crippen LogP contribution in [0.15, 0.2) is 42.5 Å². The Morgan fingerprint density at radius 3 is 2.36 bits per heavy atom. The zero-order valence-corrected chi connectivity index (χ0v) is 12.3. The Balaban J connectivity index is 2.28. The second-order valence-corrected chi connectivity index (χ2v) is 5.47. The molecule has 22 heavy (non-hydrogen) atoms. The van der Waals surface area contributed by atoms with Gasteiger partial charge in [0.15, 0.2) is 0 Å². The molecule has 0 aliphatic carbocycles. The fourth-order valence-electron chi connectivity index (χ4n) is 1.99. The van der Waals surface area contributed by atoms with Gasteiger partial charge in [-0.1, -0.05) is 12.1 Å². The van der Waals surface area contributed by atoms with Crippen molar-refractivity contribution < 1.29 is 15.0 Å². The number of nitrogens with zero attached hydrogens (tertiary/aromatic N) is 1. The SMILES string of the molecule is CC(C)(C(=O)Nc1cc(C#N)ccc1O)c1ccc(O)cc1. The summed E-state index contributed by atoms with van der Waals surface area (Å²) in [5.41, 5.74) is 0.383. The Bertz CT molecular complexity index is 743. The van der Waals surface area contributed by atoms with E-state index in [2.05, 4.69) is 5.32 Å². The van der Waals surface area contributed by atoms with Crippen molar-refractivity contribution in [2.75, 3.05) is 5.32 Å². The second-order valence-electron chi connectivity index (χ2n) is 5.47. The number of carbonyl (C=O) groups excluding carboxylic acids is 1. The Labute approximate surface area is 128 Å². The van der Waals surface area contributed by atoms with Crippen LogP contribution in [0.5, 0.6) is 11.5 Å². The van der Waals surface area contributed by atoms with Gasteiger partial charge >= 0.3 is 0 Å². The van der Waals surface area contributed by atoms with Crippen LogP contribution in [0.3, 0.4) is 0 Å². The molecule has 5 nitrogen and oxygen atoms in total. The highest BCUT2D eigenvalue weighted by atomic mass is 16.3. The molecule has 0 aliphatic rings. The molecule has 0 heterocycles. The lowest BCUT2D eigenvalue weighted by molar-refractivity contribution is -0.120. The van der Waals surface area contributed by atoms with E-state index < -0.39 is 5.41 Å². The van der Waals surface area contributed by atoms with E-state index in [1.54, 1.807) is 26.0 Å². The molecule has 0 fully saturated rings. The molecule has 0 aliphatic heterocycles. The van der Waals surface area contributed by atoms with Crippen LogP contribution >= 0.6 is 0 Å². The van der Waals surface area contributed by atoms with Gasteiger partial charge in [0, 0.05) is 0 Å². The Morgan fingerprint density at radius 2 is 1.77 bits per heavy atom. The molecular formula is C17H16N2O3. The summed E-state index contributed by atoms with van der Waals surface area (Å²) in [4.78, 5) is 12.5. The van der Waals surface area contributed by atoms with Crippen LogP contribution in [0.25, 0.3) is 0 Å². The van der Waals surface area contributed by atoms with Gasteiger partial charge in [-0.15, -0.1) is 0 Å². The zero-order chi connectivity index (χ0) is 16.3. The minimum atomic E-state index is -0.872. The third kappa shape index (κ3) is 3.01. The van der Waals surface area contributed by atoms with E-state index in [1.807, 2.05) is 6.07 Å². The minimum absolute atomic E-state index is 0.103. The maximum absolute atomic E-state index is 12.5. The summed E-state index contributed by atoms with van der Waals surface area (Å²) < 4.78 is 0. The van der Waals surface area contributed by atoms with E-state index >= 15 is 0 Å². The molecule has 0 atom stereocenters. The fourth-order valence-corrected chi connectivity index (χ4v) is 1.99. The molecule has 1 amide bonds. The smallest absolute Gasteiger partial charge is 0.234 e. The molecule has 112 valence electrons. The second kappa shape index (κ2) is 5.78. The molecule has 0 saturated heterocycles. The number of carbonyl (C=O) groups is 1. The van der Waals surface area contributed by atoms with E-state index in [0.29, 0.717) is 5.56 Å². The van der Waals surface area contributed by atoms with Gasteiger partial charge in [-0.05, 0) is 49.7 Å². The molecule has 2 aromatic carbocycles. The predicted octanol–water partition coefficient (Wildman–Crippen LogP) is 2.89. The summed E-state index contributed by atoms with van der Waals surface area (Å²) in [7, 11) is 0. The van der Waals surface area contributed by atoms with Gasteiger partial charge in [-0.2, -0.15) is 5.26 Å². The molecule has 0 unspecified atom stereocenters. The van der Waals surface area contributed by atoms with Crippen LogP contribution in [0, 0.1) is 11.3 Å². The monoisotopic (exact) mass is 296 g/mol. The van der Waals surface area contributed by atoms with Crippen molar-refractivity contribution in [3.63, 3.8) is 0 Å². The lowest BCUT2D eigenvalue weighted by atomic mass is 9.83. The quantitative estimate of drug-likeness (QED) is 0.759. The number of nitrogens with one attached hydrogen (secondary N) is 1. The van der Waals surface area contributed by atoms with Gasteiger partial charge in [0.2, 0.25) is 5.91 Å². The normalized spacial score (nSPS) is 10.8. The minimum Gasteiger partial charge on any atom is -0.508 e. The van der Waals surface area contributed by atoms with Gasteiger partial charge < -0.3 is 15.5 Å². The Kier molecular flexibility index (Phi) is 4.04. The molecule has 0 aromatic heterocycles. The van der Waals surface area contributed by atoms with E-state index in [0.717, 1.165) is 5.56 Å². The fraction of sp³-hybridized carbons (Fsp3) is 0.176. The van der Waals surface area contributed by atoms with Crippen LogP contribution < -0.4 is 5.32 Å². The van der Waals surface area contributed by atoms with Gasteiger partial charge in [0.1, 0.15) is 11.5 Å². The third-order valence-electron chi connectivity index (χ3n) is 3.53. The number of rotatable bonds is 3. The first-order valence-corrected chi connectivity index (χ1v) is 6.68. The maximum Gasteiger partial charge on any atom is 0.234 e. The number of anilines is 1. The highest BCUT2D eigenvalue weighted by Crippen LogP contribution is 2.29. The van der Waals surface area contributed by atoms with Crippen molar-refractivity contribution in [1.82, 2.24) is 0 Å². The highest BCUT2D eigenvalue weighted by Gasteiger charge is 2.30. The standard InChI is InChI=1S/C17H16N2O3/c1-17(2,12-4-6-13(20)7-5-12)16(22)19-14-9-11(10-18)3-8-15(14)21/h3-9,20-21H,1-2H3,(H,19,22). The molecular weight excluding hydrogens is 280 g/mol. The van der Waals surface area contributed by atoms with Crippen molar-refractivity contribution in [1.29, 1.82) is 5.26 Å². The summed E-state index contributed by atoms with van der Waals surface area (Å²) in [6.45, 7) is 3.47. The summed E-state index contributed by atoms with van der Waals surface area (Å²) in [5.74, 6) is -0.309. The molecule has 3 N–H and O–H groups in total. The number of phenols is 2. The Morgan fingerprint density at radius 1 is 1.14 bits per heavy atom. The van der Waals surface area contributed by atoms with Crippen LogP contribution in [-0.4, -0.2) is 16.1 Å². The molecule has 5 heteroatoms. The van der Waals surface area contributed by atoms with Gasteiger partial charge in [0.05, 0.1) is 22.7 Å². The summed E-state index contributed by atoms with van der Waals surface area (Å²) in [6.07, 6.45) is 0. The van der Waals surface area contributed by atoms with Crippen LogP contribution in [-0.2, 0) is 10.2 Å². The van der Waals surface area contributed by atoms with E-state index in [1.165, 1.54) is 30.3 Å². The first kappa shape index (κ1) is 15.4. The van der Waals surface area contributed by atoms with Gasteiger partial charge in [0.25, 0.3) is 0 Å². The molecule has 2 rings (SSSR count). The number of benzene rings is 2. The maximum atomic E-state index is 12.5. The number of hydrogen-bond donors (Lipinski definition) is 3. The average Bonchev–Trinajstić information content (AvgIpc) is 2.49. The molecule has 2 aromatic rings. The molecule has 0 spiro atoms. The number of aromatic hydroxyl groups is 2. The van der Waals surface area contributed by atoms with Crippen molar-refractivity contribution in [3.05, 3.63) is 53.6 Å². The molecule has 0 bridgehead atoms. The number of nitriles is 1. The Hall–Kier alpha value is -3.00. The van der Waals surface area contributed by atoms with E-state index in [-0.39, 0.29) is 23.1 Å². The van der Waals surface area contributed by atoms with Gasteiger partial charge in [-0.3, -0.25) is 4.79 Å². The number of amides is 1. The number of hydrogen-bond acceptors (Lipinski definition) is 4. The summed E-state index contributed by atoms with van der Waals surface area (Å²) in [6, 6.07) is 12.6. The summed E-state index contributed by atoms with van der Waals surface area (Å²) >= 11 is 0. The lowest BCUT2D eigenvalue weighted by Gasteiger charge is -2.24. The topological polar surface area (TPSA) is 93.4 Å². The average molecular weight is 296 g/mol. The van der Waals surface area contributed by atoms with Gasteiger partial charge in [-0.25, -0.2) is 0 Å². The van der Waals surface area contributed by atoms with Crippen LogP contribution in [0.4, 0.5) is 5.69 Å². The molecule has 0 radical (unpaired) electrons. The van der Waals surface area contributed by atoms with Crippen molar-refractivity contribution in [2.24, 2.45) is 0 Å². The highest BCUT2D eigenvalue weighted by molar-refractivity contribution is 5.99. The third-order valence-corrected chi connectivity index (χ3v) is 3.53. The van der Waals surface area contributed by atoms with Crippen molar-refractivity contribution in [3.8, 4) is 17.6 Å². The predicted molar refractivity (Wildman–Crippen MR) is 82.6 cm³/mol. The van der Waals surface area contributed by atoms with Crippen LogP contribution in [0.1, 0.15) is 25.0 Å².